The van der Waals surface area contributed by atoms with Gasteiger partial charge in [0.15, 0.2) is 0 Å². The highest BCUT2D eigenvalue weighted by Crippen LogP contribution is 2.31. The van der Waals surface area contributed by atoms with Crippen LogP contribution < -0.4 is 0 Å². The highest BCUT2D eigenvalue weighted by Gasteiger charge is 2.18. The number of aromatic nitrogens is 1. The summed E-state index contributed by atoms with van der Waals surface area (Å²) in [6, 6.07) is 1.63. The first-order chi connectivity index (χ1) is 6.79. The lowest BCUT2D eigenvalue weighted by atomic mass is 10.1. The van der Waals surface area contributed by atoms with Gasteiger partial charge in [-0.3, -0.25) is 9.98 Å². The van der Waals surface area contributed by atoms with Gasteiger partial charge in [-0.1, -0.05) is 0 Å². The minimum absolute atomic E-state index is 0.112. The van der Waals surface area contributed by atoms with E-state index in [2.05, 4.69) is 9.98 Å². The lowest BCUT2D eigenvalue weighted by Gasteiger charge is -2.05. The number of thioether (sulfide) groups is 1. The Morgan fingerprint density at radius 2 is 2.36 bits per heavy atom. The third-order valence-electron chi connectivity index (χ3n) is 2.28. The molecule has 1 aliphatic heterocycles. The molecule has 14 heavy (non-hydrogen) atoms. The zero-order valence-electron chi connectivity index (χ0n) is 7.90. The minimum Gasteiger partial charge on any atom is -0.275 e. The molecule has 1 unspecified atom stereocenters. The maximum absolute atomic E-state index is 12.9. The van der Waals surface area contributed by atoms with Gasteiger partial charge in [-0.15, -0.1) is 11.8 Å². The molecule has 0 bridgehead atoms. The smallest absolute Gasteiger partial charge is 0.141 e. The molecule has 2 heterocycles. The van der Waals surface area contributed by atoms with E-state index in [0.717, 1.165) is 23.4 Å². The van der Waals surface area contributed by atoms with Crippen LogP contribution in [-0.2, 0) is 0 Å². The molecule has 0 N–H and O–H groups in total. The van der Waals surface area contributed by atoms with Crippen LogP contribution in [0.15, 0.2) is 23.5 Å². The average molecular weight is 210 g/mol. The van der Waals surface area contributed by atoms with Crippen molar-refractivity contribution in [3.8, 4) is 0 Å². The standard InChI is InChI=1S/C10H11FN2S/c1-14-10-3-2-9(13-10)7-4-8(11)6-12-5-7/h4-6,9H,2-3H2,1H3. The largest absolute Gasteiger partial charge is 0.275 e. The molecule has 1 atom stereocenters. The van der Waals surface area contributed by atoms with Crippen LogP contribution in [0, 0.1) is 5.82 Å². The number of hydrogen-bond donors (Lipinski definition) is 0. The summed E-state index contributed by atoms with van der Waals surface area (Å²) >= 11 is 1.67. The second kappa shape index (κ2) is 4.09. The summed E-state index contributed by atoms with van der Waals surface area (Å²) < 4.78 is 12.9. The van der Waals surface area contributed by atoms with Crippen molar-refractivity contribution in [3.63, 3.8) is 0 Å². The molecular formula is C10H11FN2S. The zero-order chi connectivity index (χ0) is 9.97. The SMILES string of the molecule is CSC1=NC(c2cncc(F)c2)CC1. The van der Waals surface area contributed by atoms with E-state index in [9.17, 15) is 4.39 Å². The third-order valence-corrected chi connectivity index (χ3v) is 3.06. The van der Waals surface area contributed by atoms with E-state index in [1.54, 1.807) is 18.0 Å². The number of pyridine rings is 1. The normalized spacial score (nSPS) is 21.0. The Balaban J connectivity index is 2.21. The van der Waals surface area contributed by atoms with E-state index in [0.29, 0.717) is 0 Å². The Hall–Kier alpha value is -0.900. The van der Waals surface area contributed by atoms with E-state index in [4.69, 9.17) is 0 Å². The molecule has 0 radical (unpaired) electrons. The number of aliphatic imine (C=N–C) groups is 1. The summed E-state index contributed by atoms with van der Waals surface area (Å²) in [5.74, 6) is -0.282. The Morgan fingerprint density at radius 3 is 3.00 bits per heavy atom. The molecule has 1 aromatic heterocycles. The molecule has 0 fully saturated rings. The van der Waals surface area contributed by atoms with Gasteiger partial charge in [0.05, 0.1) is 17.3 Å². The van der Waals surface area contributed by atoms with Crippen molar-refractivity contribution in [1.82, 2.24) is 4.98 Å². The van der Waals surface area contributed by atoms with Crippen LogP contribution >= 0.6 is 11.8 Å². The summed E-state index contributed by atoms with van der Waals surface area (Å²) in [5, 5.41) is 1.15. The first-order valence-electron chi connectivity index (χ1n) is 4.50. The molecule has 0 aliphatic carbocycles. The van der Waals surface area contributed by atoms with Crippen LogP contribution in [0.3, 0.4) is 0 Å². The van der Waals surface area contributed by atoms with Gasteiger partial charge in [0.2, 0.25) is 0 Å². The van der Waals surface area contributed by atoms with Crippen molar-refractivity contribution in [2.24, 2.45) is 4.99 Å². The van der Waals surface area contributed by atoms with Gasteiger partial charge in [0.1, 0.15) is 5.82 Å². The Kier molecular flexibility index (Phi) is 2.82. The second-order valence-electron chi connectivity index (χ2n) is 3.22. The van der Waals surface area contributed by atoms with Gasteiger partial charge in [-0.25, -0.2) is 4.39 Å². The highest BCUT2D eigenvalue weighted by atomic mass is 32.2. The van der Waals surface area contributed by atoms with Gasteiger partial charge in [-0.2, -0.15) is 0 Å². The fourth-order valence-electron chi connectivity index (χ4n) is 1.57. The quantitative estimate of drug-likeness (QED) is 0.712. The van der Waals surface area contributed by atoms with Crippen molar-refractivity contribution in [2.45, 2.75) is 18.9 Å². The van der Waals surface area contributed by atoms with Gasteiger partial charge in [0, 0.05) is 6.20 Å². The molecule has 1 aromatic rings. The molecule has 74 valence electrons. The molecule has 0 spiro atoms. The lowest BCUT2D eigenvalue weighted by Crippen LogP contribution is -1.92. The Labute approximate surface area is 86.7 Å². The van der Waals surface area contributed by atoms with Crippen molar-refractivity contribution < 1.29 is 4.39 Å². The fourth-order valence-corrected chi connectivity index (χ4v) is 2.12. The van der Waals surface area contributed by atoms with Crippen LogP contribution in [0.1, 0.15) is 24.4 Å². The summed E-state index contributed by atoms with van der Waals surface area (Å²) in [7, 11) is 0. The van der Waals surface area contributed by atoms with E-state index in [1.807, 2.05) is 6.26 Å². The van der Waals surface area contributed by atoms with E-state index in [-0.39, 0.29) is 11.9 Å². The predicted molar refractivity (Wildman–Crippen MR) is 57.1 cm³/mol. The van der Waals surface area contributed by atoms with Crippen LogP contribution in [0.25, 0.3) is 0 Å². The summed E-state index contributed by atoms with van der Waals surface area (Å²) in [6.45, 7) is 0. The monoisotopic (exact) mass is 210 g/mol. The molecule has 4 heteroatoms. The average Bonchev–Trinajstić information content (AvgIpc) is 2.66. The van der Waals surface area contributed by atoms with Crippen LogP contribution in [0.4, 0.5) is 4.39 Å². The fraction of sp³-hybridized carbons (Fsp3) is 0.400. The number of rotatable bonds is 1. The summed E-state index contributed by atoms with van der Waals surface area (Å²) in [5.41, 5.74) is 0.883. The molecule has 2 nitrogen and oxygen atoms in total. The molecule has 0 amide bonds. The van der Waals surface area contributed by atoms with Crippen molar-refractivity contribution in [1.29, 1.82) is 0 Å². The summed E-state index contributed by atoms with van der Waals surface area (Å²) in [6.07, 6.45) is 6.91. The topological polar surface area (TPSA) is 25.2 Å². The minimum atomic E-state index is -0.282. The van der Waals surface area contributed by atoms with E-state index < -0.39 is 0 Å². The molecule has 0 saturated heterocycles. The number of nitrogens with zero attached hydrogens (tertiary/aromatic N) is 2. The van der Waals surface area contributed by atoms with Gasteiger partial charge < -0.3 is 0 Å². The maximum Gasteiger partial charge on any atom is 0.141 e. The summed E-state index contributed by atoms with van der Waals surface area (Å²) in [4.78, 5) is 8.32. The number of halogens is 1. The van der Waals surface area contributed by atoms with Gasteiger partial charge in [0.25, 0.3) is 0 Å². The van der Waals surface area contributed by atoms with Crippen molar-refractivity contribution in [2.75, 3.05) is 6.26 Å². The molecular weight excluding hydrogens is 199 g/mol. The Bertz CT molecular complexity index is 365. The second-order valence-corrected chi connectivity index (χ2v) is 4.10. The van der Waals surface area contributed by atoms with Crippen molar-refractivity contribution in [3.05, 3.63) is 29.8 Å². The van der Waals surface area contributed by atoms with Crippen LogP contribution in [0.2, 0.25) is 0 Å². The number of hydrogen-bond acceptors (Lipinski definition) is 3. The first kappa shape index (κ1) is 9.65. The highest BCUT2D eigenvalue weighted by molar-refractivity contribution is 8.13. The molecule has 0 aromatic carbocycles. The first-order valence-corrected chi connectivity index (χ1v) is 5.73. The maximum atomic E-state index is 12.9. The zero-order valence-corrected chi connectivity index (χ0v) is 8.72. The lowest BCUT2D eigenvalue weighted by molar-refractivity contribution is 0.611. The van der Waals surface area contributed by atoms with E-state index in [1.165, 1.54) is 12.3 Å². The predicted octanol–water partition coefficient (Wildman–Crippen LogP) is 2.82. The van der Waals surface area contributed by atoms with Crippen LogP contribution in [0.5, 0.6) is 0 Å². The van der Waals surface area contributed by atoms with Gasteiger partial charge >= 0.3 is 0 Å². The van der Waals surface area contributed by atoms with Gasteiger partial charge in [-0.05, 0) is 30.7 Å². The molecule has 0 saturated carbocycles. The molecule has 1 aliphatic rings. The third kappa shape index (κ3) is 1.95. The van der Waals surface area contributed by atoms with E-state index >= 15 is 0 Å². The van der Waals surface area contributed by atoms with Crippen molar-refractivity contribution >= 4 is 16.8 Å². The Morgan fingerprint density at radius 1 is 1.50 bits per heavy atom. The van der Waals surface area contributed by atoms with Crippen LogP contribution in [-0.4, -0.2) is 16.3 Å². The molecule has 2 rings (SSSR count).